The summed E-state index contributed by atoms with van der Waals surface area (Å²) >= 11 is 0. The molecule has 0 saturated heterocycles. The first-order chi connectivity index (χ1) is 7.24. The maximum atomic E-state index is 11.5. The van der Waals surface area contributed by atoms with Gasteiger partial charge in [0.2, 0.25) is 0 Å². The van der Waals surface area contributed by atoms with Crippen molar-refractivity contribution in [2.24, 2.45) is 0 Å². The Kier molecular flexibility index (Phi) is 2.21. The van der Waals surface area contributed by atoms with Crippen LogP contribution in [0.2, 0.25) is 0 Å². The van der Waals surface area contributed by atoms with Gasteiger partial charge in [0.1, 0.15) is 0 Å². The summed E-state index contributed by atoms with van der Waals surface area (Å²) in [6.07, 6.45) is 1.30. The third-order valence-corrected chi connectivity index (χ3v) is 2.07. The van der Waals surface area contributed by atoms with Crippen LogP contribution in [0.25, 0.3) is 10.9 Å². The predicted molar refractivity (Wildman–Crippen MR) is 53.7 cm³/mol. The second-order valence-electron chi connectivity index (χ2n) is 2.92. The molecule has 5 heteroatoms. The van der Waals surface area contributed by atoms with E-state index >= 15 is 0 Å². The van der Waals surface area contributed by atoms with Gasteiger partial charge < -0.3 is 9.72 Å². The van der Waals surface area contributed by atoms with E-state index in [9.17, 15) is 9.59 Å². The third-order valence-electron chi connectivity index (χ3n) is 2.07. The van der Waals surface area contributed by atoms with Crippen molar-refractivity contribution in [3.05, 3.63) is 40.4 Å². The van der Waals surface area contributed by atoms with Crippen molar-refractivity contribution in [3.63, 3.8) is 0 Å². The molecule has 0 aliphatic rings. The number of nitrogens with one attached hydrogen (secondary N) is 1. The summed E-state index contributed by atoms with van der Waals surface area (Å²) in [5.74, 6) is -0.542. The van der Waals surface area contributed by atoms with E-state index in [0.29, 0.717) is 5.52 Å². The highest BCUT2D eigenvalue weighted by atomic mass is 16.5. The van der Waals surface area contributed by atoms with Gasteiger partial charge in [-0.15, -0.1) is 0 Å². The van der Waals surface area contributed by atoms with Crippen molar-refractivity contribution in [2.75, 3.05) is 7.11 Å². The highest BCUT2D eigenvalue weighted by molar-refractivity contribution is 6.02. The van der Waals surface area contributed by atoms with Gasteiger partial charge in [-0.3, -0.25) is 4.79 Å². The quantitative estimate of drug-likeness (QED) is 0.694. The fourth-order valence-electron chi connectivity index (χ4n) is 1.40. The molecule has 0 fully saturated rings. The number of esters is 1. The number of aromatic nitrogens is 2. The number of aromatic amines is 1. The lowest BCUT2D eigenvalue weighted by atomic mass is 10.1. The van der Waals surface area contributed by atoms with Gasteiger partial charge in [-0.25, -0.2) is 9.78 Å². The largest absolute Gasteiger partial charge is 0.465 e. The molecule has 15 heavy (non-hydrogen) atoms. The Labute approximate surface area is 84.7 Å². The molecule has 0 amide bonds. The van der Waals surface area contributed by atoms with Crippen LogP contribution >= 0.6 is 0 Å². The molecule has 5 nitrogen and oxygen atoms in total. The molecule has 2 rings (SSSR count). The molecular formula is C10H8N2O3. The molecule has 1 heterocycles. The standard InChI is InChI=1S/C10H8N2O3/c1-15-10(14)6-3-2-4-7-8(6)9(13)12-5-11-7/h2-5H,1H3,(H,11,12,13). The molecule has 0 aliphatic carbocycles. The molecular weight excluding hydrogens is 196 g/mol. The highest BCUT2D eigenvalue weighted by Gasteiger charge is 2.12. The molecule has 1 N–H and O–H groups in total. The monoisotopic (exact) mass is 204 g/mol. The number of H-pyrrole nitrogens is 1. The Morgan fingerprint density at radius 2 is 2.27 bits per heavy atom. The van der Waals surface area contributed by atoms with Gasteiger partial charge in [0.25, 0.3) is 5.56 Å². The minimum Gasteiger partial charge on any atom is -0.465 e. The molecule has 0 radical (unpaired) electrons. The summed E-state index contributed by atoms with van der Waals surface area (Å²) in [6.45, 7) is 0. The van der Waals surface area contributed by atoms with Crippen LogP contribution in [0.1, 0.15) is 10.4 Å². The van der Waals surface area contributed by atoms with E-state index in [1.165, 1.54) is 19.5 Å². The third kappa shape index (κ3) is 1.48. The fourth-order valence-corrected chi connectivity index (χ4v) is 1.40. The molecule has 0 aliphatic heterocycles. The van der Waals surface area contributed by atoms with E-state index in [2.05, 4.69) is 14.7 Å². The number of carbonyl (C=O) groups is 1. The summed E-state index contributed by atoms with van der Waals surface area (Å²) in [5.41, 5.74) is 0.354. The summed E-state index contributed by atoms with van der Waals surface area (Å²) in [5, 5.41) is 0.256. The first kappa shape index (κ1) is 9.39. The van der Waals surface area contributed by atoms with Crippen molar-refractivity contribution in [1.82, 2.24) is 9.97 Å². The number of hydrogen-bond acceptors (Lipinski definition) is 4. The van der Waals surface area contributed by atoms with Gasteiger partial charge in [0, 0.05) is 0 Å². The van der Waals surface area contributed by atoms with Gasteiger partial charge in [-0.1, -0.05) is 6.07 Å². The Hall–Kier alpha value is -2.17. The molecule has 1 aromatic carbocycles. The molecule has 0 saturated carbocycles. The lowest BCUT2D eigenvalue weighted by molar-refractivity contribution is 0.0603. The van der Waals surface area contributed by atoms with Crippen molar-refractivity contribution in [3.8, 4) is 0 Å². The number of nitrogens with zero attached hydrogens (tertiary/aromatic N) is 1. The van der Waals surface area contributed by atoms with E-state index in [-0.39, 0.29) is 16.5 Å². The summed E-state index contributed by atoms with van der Waals surface area (Å²) < 4.78 is 4.58. The number of carbonyl (C=O) groups excluding carboxylic acids is 1. The van der Waals surface area contributed by atoms with E-state index in [1.807, 2.05) is 0 Å². The van der Waals surface area contributed by atoms with Crippen molar-refractivity contribution in [1.29, 1.82) is 0 Å². The van der Waals surface area contributed by atoms with Crippen LogP contribution in [-0.4, -0.2) is 23.0 Å². The van der Waals surface area contributed by atoms with E-state index < -0.39 is 5.97 Å². The van der Waals surface area contributed by atoms with Crippen LogP contribution < -0.4 is 5.56 Å². The fraction of sp³-hybridized carbons (Fsp3) is 0.100. The van der Waals surface area contributed by atoms with Crippen LogP contribution in [-0.2, 0) is 4.74 Å². The summed E-state index contributed by atoms with van der Waals surface area (Å²) in [4.78, 5) is 29.3. The van der Waals surface area contributed by atoms with Crippen LogP contribution in [0.3, 0.4) is 0 Å². The van der Waals surface area contributed by atoms with Gasteiger partial charge in [0.15, 0.2) is 0 Å². The maximum absolute atomic E-state index is 11.5. The minimum absolute atomic E-state index is 0.226. The Morgan fingerprint density at radius 1 is 1.47 bits per heavy atom. The van der Waals surface area contributed by atoms with E-state index in [1.54, 1.807) is 12.1 Å². The van der Waals surface area contributed by atoms with E-state index in [0.717, 1.165) is 0 Å². The van der Waals surface area contributed by atoms with Gasteiger partial charge in [0.05, 0.1) is 29.9 Å². The first-order valence-corrected chi connectivity index (χ1v) is 4.29. The second-order valence-corrected chi connectivity index (χ2v) is 2.92. The van der Waals surface area contributed by atoms with Crippen molar-refractivity contribution < 1.29 is 9.53 Å². The molecule has 0 atom stereocenters. The zero-order chi connectivity index (χ0) is 10.8. The first-order valence-electron chi connectivity index (χ1n) is 4.29. The number of benzene rings is 1. The van der Waals surface area contributed by atoms with Gasteiger partial charge in [-0.2, -0.15) is 0 Å². The SMILES string of the molecule is COC(=O)c1cccc2nc[nH]c(=O)c12. The van der Waals surface area contributed by atoms with Crippen LogP contribution in [0.5, 0.6) is 0 Å². The number of fused-ring (bicyclic) bond motifs is 1. The topological polar surface area (TPSA) is 72.0 Å². The Bertz CT molecular complexity index is 569. The normalized spacial score (nSPS) is 10.2. The number of ether oxygens (including phenoxy) is 1. The maximum Gasteiger partial charge on any atom is 0.338 e. The van der Waals surface area contributed by atoms with Crippen molar-refractivity contribution >= 4 is 16.9 Å². The van der Waals surface area contributed by atoms with Gasteiger partial charge >= 0.3 is 5.97 Å². The average molecular weight is 204 g/mol. The Balaban J connectivity index is 2.86. The number of methoxy groups -OCH3 is 1. The van der Waals surface area contributed by atoms with Gasteiger partial charge in [-0.05, 0) is 12.1 Å². The second kappa shape index (κ2) is 3.53. The number of hydrogen-bond donors (Lipinski definition) is 1. The highest BCUT2D eigenvalue weighted by Crippen LogP contribution is 2.12. The summed E-state index contributed by atoms with van der Waals surface area (Å²) in [7, 11) is 1.27. The number of rotatable bonds is 1. The Morgan fingerprint density at radius 3 is 3.00 bits per heavy atom. The average Bonchev–Trinajstić information content (AvgIpc) is 2.28. The summed E-state index contributed by atoms with van der Waals surface area (Å²) in [6, 6.07) is 4.85. The van der Waals surface area contributed by atoms with E-state index in [4.69, 9.17) is 0 Å². The molecule has 1 aromatic heterocycles. The molecule has 0 bridgehead atoms. The van der Waals surface area contributed by atoms with Crippen LogP contribution in [0.15, 0.2) is 29.3 Å². The predicted octanol–water partition coefficient (Wildman–Crippen LogP) is 0.710. The lowest BCUT2D eigenvalue weighted by Crippen LogP contribution is -2.12. The lowest BCUT2D eigenvalue weighted by Gasteiger charge is -2.02. The molecule has 0 spiro atoms. The smallest absolute Gasteiger partial charge is 0.338 e. The zero-order valence-corrected chi connectivity index (χ0v) is 7.98. The van der Waals surface area contributed by atoms with Crippen LogP contribution in [0.4, 0.5) is 0 Å². The van der Waals surface area contributed by atoms with Crippen molar-refractivity contribution in [2.45, 2.75) is 0 Å². The minimum atomic E-state index is -0.542. The van der Waals surface area contributed by atoms with Crippen LogP contribution in [0, 0.1) is 0 Å². The zero-order valence-electron chi connectivity index (χ0n) is 7.98. The molecule has 76 valence electrons. The molecule has 0 unspecified atom stereocenters. The molecule has 2 aromatic rings.